The first-order chi connectivity index (χ1) is 7.81. The average molecular weight is 224 g/mol. The van der Waals surface area contributed by atoms with Crippen LogP contribution >= 0.6 is 0 Å². The average Bonchev–Trinajstić information content (AvgIpc) is 2.78. The van der Waals surface area contributed by atoms with E-state index in [1.54, 1.807) is 7.11 Å². The largest absolute Gasteiger partial charge is 0.379 e. The number of nitrogens with zero attached hydrogens (tertiary/aromatic N) is 2. The van der Waals surface area contributed by atoms with Crippen LogP contribution in [0.1, 0.15) is 51.1 Å². The van der Waals surface area contributed by atoms with Gasteiger partial charge in [0.25, 0.3) is 0 Å². The summed E-state index contributed by atoms with van der Waals surface area (Å²) >= 11 is 0. The Kier molecular flexibility index (Phi) is 5.53. The molecule has 0 N–H and O–H groups in total. The Labute approximate surface area is 98.8 Å². The first kappa shape index (κ1) is 13.2. The summed E-state index contributed by atoms with van der Waals surface area (Å²) in [7, 11) is 1.80. The van der Waals surface area contributed by atoms with Crippen molar-refractivity contribution in [2.24, 2.45) is 0 Å². The Morgan fingerprint density at radius 3 is 2.56 bits per heavy atom. The maximum atomic E-state index is 5.51. The maximum absolute atomic E-state index is 5.51. The molecule has 0 bridgehead atoms. The van der Waals surface area contributed by atoms with Crippen molar-refractivity contribution in [2.45, 2.75) is 58.6 Å². The van der Waals surface area contributed by atoms with Crippen LogP contribution in [0.3, 0.4) is 0 Å². The summed E-state index contributed by atoms with van der Waals surface area (Å²) in [5.74, 6) is 0. The van der Waals surface area contributed by atoms with Crippen LogP contribution < -0.4 is 0 Å². The van der Waals surface area contributed by atoms with Gasteiger partial charge >= 0.3 is 0 Å². The number of aryl methyl sites for hydroxylation is 1. The Morgan fingerprint density at radius 1 is 1.31 bits per heavy atom. The van der Waals surface area contributed by atoms with Gasteiger partial charge in [-0.1, -0.05) is 26.7 Å². The van der Waals surface area contributed by atoms with E-state index in [4.69, 9.17) is 4.74 Å². The molecule has 0 saturated heterocycles. The third kappa shape index (κ3) is 3.08. The van der Waals surface area contributed by atoms with Gasteiger partial charge in [-0.3, -0.25) is 4.68 Å². The second-order valence-electron chi connectivity index (χ2n) is 4.12. The van der Waals surface area contributed by atoms with E-state index in [-0.39, 0.29) is 0 Å². The third-order valence-corrected chi connectivity index (χ3v) is 3.04. The SMILES string of the molecule is CC.COC1CCCCC1n1cc(C)cn1. The molecular weight excluding hydrogens is 200 g/mol. The van der Waals surface area contributed by atoms with Crippen molar-refractivity contribution in [3.63, 3.8) is 0 Å². The van der Waals surface area contributed by atoms with Crippen LogP contribution in [-0.4, -0.2) is 23.0 Å². The minimum atomic E-state index is 0.350. The van der Waals surface area contributed by atoms with Gasteiger partial charge in [-0.15, -0.1) is 0 Å². The van der Waals surface area contributed by atoms with Gasteiger partial charge in [-0.25, -0.2) is 0 Å². The maximum Gasteiger partial charge on any atom is 0.0795 e. The second kappa shape index (κ2) is 6.69. The van der Waals surface area contributed by atoms with Crippen LogP contribution in [-0.2, 0) is 4.74 Å². The van der Waals surface area contributed by atoms with Crippen molar-refractivity contribution < 1.29 is 4.74 Å². The topological polar surface area (TPSA) is 27.1 Å². The number of methoxy groups -OCH3 is 1. The van der Waals surface area contributed by atoms with Crippen molar-refractivity contribution in [1.82, 2.24) is 9.78 Å². The molecule has 16 heavy (non-hydrogen) atoms. The highest BCUT2D eigenvalue weighted by atomic mass is 16.5. The molecule has 3 heteroatoms. The predicted molar refractivity (Wildman–Crippen MR) is 66.6 cm³/mol. The Balaban J connectivity index is 0.000000606. The van der Waals surface area contributed by atoms with E-state index in [1.165, 1.54) is 31.2 Å². The van der Waals surface area contributed by atoms with Gasteiger partial charge in [0.15, 0.2) is 0 Å². The lowest BCUT2D eigenvalue weighted by Gasteiger charge is -2.30. The molecule has 0 spiro atoms. The van der Waals surface area contributed by atoms with Crippen LogP contribution in [0.4, 0.5) is 0 Å². The number of hydrogen-bond donors (Lipinski definition) is 0. The number of rotatable bonds is 2. The van der Waals surface area contributed by atoms with E-state index < -0.39 is 0 Å². The Morgan fingerprint density at radius 2 is 2.00 bits per heavy atom. The van der Waals surface area contributed by atoms with Crippen LogP contribution in [0.2, 0.25) is 0 Å². The van der Waals surface area contributed by atoms with Gasteiger partial charge in [-0.2, -0.15) is 5.10 Å². The summed E-state index contributed by atoms with van der Waals surface area (Å²) in [6.45, 7) is 6.08. The molecule has 2 unspecified atom stereocenters. The fraction of sp³-hybridized carbons (Fsp3) is 0.769. The molecule has 2 atom stereocenters. The van der Waals surface area contributed by atoms with Gasteiger partial charge in [0.1, 0.15) is 0 Å². The molecule has 1 aromatic rings. The van der Waals surface area contributed by atoms with Crippen LogP contribution in [0, 0.1) is 6.92 Å². The summed E-state index contributed by atoms with van der Waals surface area (Å²) < 4.78 is 7.58. The monoisotopic (exact) mass is 224 g/mol. The van der Waals surface area contributed by atoms with Crippen molar-refractivity contribution >= 4 is 0 Å². The van der Waals surface area contributed by atoms with E-state index in [1.807, 2.05) is 20.0 Å². The lowest BCUT2D eigenvalue weighted by Crippen LogP contribution is -2.29. The molecule has 0 aromatic carbocycles. The highest BCUT2D eigenvalue weighted by molar-refractivity contribution is 5.01. The summed E-state index contributed by atoms with van der Waals surface area (Å²) in [6.07, 6.45) is 9.32. The molecule has 1 aromatic heterocycles. The summed E-state index contributed by atoms with van der Waals surface area (Å²) in [6, 6.07) is 0.447. The first-order valence-corrected chi connectivity index (χ1v) is 6.35. The molecule has 1 saturated carbocycles. The van der Waals surface area contributed by atoms with Crippen molar-refractivity contribution in [3.8, 4) is 0 Å². The minimum Gasteiger partial charge on any atom is -0.379 e. The zero-order chi connectivity index (χ0) is 12.0. The molecule has 1 fully saturated rings. The standard InChI is InChI=1S/C11H18N2O.C2H6/c1-9-7-12-13(8-9)10-5-3-4-6-11(10)14-2;1-2/h7-8,10-11H,3-6H2,1-2H3;1-2H3. The third-order valence-electron chi connectivity index (χ3n) is 3.04. The Hall–Kier alpha value is -0.830. The Bertz CT molecular complexity index is 296. The van der Waals surface area contributed by atoms with E-state index in [0.29, 0.717) is 12.1 Å². The lowest BCUT2D eigenvalue weighted by molar-refractivity contribution is 0.0245. The zero-order valence-corrected chi connectivity index (χ0v) is 10.9. The summed E-state index contributed by atoms with van der Waals surface area (Å²) in [4.78, 5) is 0. The number of ether oxygens (including phenoxy) is 1. The molecule has 0 aliphatic heterocycles. The molecular formula is C13H24N2O. The smallest absolute Gasteiger partial charge is 0.0795 e. The fourth-order valence-corrected chi connectivity index (χ4v) is 2.27. The van der Waals surface area contributed by atoms with Crippen LogP contribution in [0.15, 0.2) is 12.4 Å². The highest BCUT2D eigenvalue weighted by Crippen LogP contribution is 2.29. The summed E-state index contributed by atoms with van der Waals surface area (Å²) in [5, 5.41) is 4.37. The zero-order valence-electron chi connectivity index (χ0n) is 10.9. The van der Waals surface area contributed by atoms with Gasteiger partial charge in [0, 0.05) is 13.3 Å². The molecule has 3 nitrogen and oxygen atoms in total. The van der Waals surface area contributed by atoms with Gasteiger partial charge in [0.2, 0.25) is 0 Å². The van der Waals surface area contributed by atoms with Gasteiger partial charge in [0.05, 0.1) is 18.3 Å². The molecule has 1 aliphatic carbocycles. The summed E-state index contributed by atoms with van der Waals surface area (Å²) in [5.41, 5.74) is 1.23. The molecule has 1 heterocycles. The van der Waals surface area contributed by atoms with Gasteiger partial charge in [-0.05, 0) is 25.3 Å². The lowest BCUT2D eigenvalue weighted by atomic mass is 9.92. The highest BCUT2D eigenvalue weighted by Gasteiger charge is 2.26. The first-order valence-electron chi connectivity index (χ1n) is 6.35. The van der Waals surface area contributed by atoms with Crippen LogP contribution in [0.5, 0.6) is 0 Å². The normalized spacial score (nSPS) is 24.8. The molecule has 1 aliphatic rings. The van der Waals surface area contributed by atoms with Crippen molar-refractivity contribution in [2.75, 3.05) is 7.11 Å². The molecule has 0 radical (unpaired) electrons. The fourth-order valence-electron chi connectivity index (χ4n) is 2.27. The van der Waals surface area contributed by atoms with E-state index in [9.17, 15) is 0 Å². The van der Waals surface area contributed by atoms with Crippen molar-refractivity contribution in [3.05, 3.63) is 18.0 Å². The predicted octanol–water partition coefficient (Wildman–Crippen LogP) is 3.35. The van der Waals surface area contributed by atoms with E-state index in [0.717, 1.165) is 0 Å². The van der Waals surface area contributed by atoms with Gasteiger partial charge < -0.3 is 4.74 Å². The number of aromatic nitrogens is 2. The quantitative estimate of drug-likeness (QED) is 0.770. The minimum absolute atomic E-state index is 0.350. The molecule has 92 valence electrons. The molecule has 0 amide bonds. The molecule has 2 rings (SSSR count). The second-order valence-corrected chi connectivity index (χ2v) is 4.12. The van der Waals surface area contributed by atoms with Crippen molar-refractivity contribution in [1.29, 1.82) is 0 Å². The van der Waals surface area contributed by atoms with Crippen LogP contribution in [0.25, 0.3) is 0 Å². The van der Waals surface area contributed by atoms with E-state index >= 15 is 0 Å². The van der Waals surface area contributed by atoms with E-state index in [2.05, 4.69) is 22.9 Å². The number of hydrogen-bond acceptors (Lipinski definition) is 2.